The van der Waals surface area contributed by atoms with Crippen LogP contribution in [0.15, 0.2) is 36.7 Å². The second-order valence-electron chi connectivity index (χ2n) is 6.04. The van der Waals surface area contributed by atoms with Gasteiger partial charge in [0.2, 0.25) is 0 Å². The zero-order chi connectivity index (χ0) is 12.8. The SMILES string of the molecule is CC(c1ncc[nH]1)C1CC(C)(C)c2ccccc21. The summed E-state index contributed by atoms with van der Waals surface area (Å²) in [5.74, 6) is 2.12. The van der Waals surface area contributed by atoms with Gasteiger partial charge in [0.05, 0.1) is 0 Å². The van der Waals surface area contributed by atoms with Gasteiger partial charge < -0.3 is 4.98 Å². The average Bonchev–Trinajstić information content (AvgIpc) is 2.96. The first-order chi connectivity index (χ1) is 8.59. The highest BCUT2D eigenvalue weighted by atomic mass is 14.9. The topological polar surface area (TPSA) is 28.7 Å². The molecule has 2 atom stereocenters. The van der Waals surface area contributed by atoms with Crippen LogP contribution in [-0.2, 0) is 5.41 Å². The van der Waals surface area contributed by atoms with Gasteiger partial charge in [0, 0.05) is 18.3 Å². The lowest BCUT2D eigenvalue weighted by Gasteiger charge is -2.21. The van der Waals surface area contributed by atoms with Gasteiger partial charge in [-0.05, 0) is 28.9 Å². The molecule has 1 heterocycles. The lowest BCUT2D eigenvalue weighted by atomic mass is 9.83. The molecular weight excluding hydrogens is 220 g/mol. The number of rotatable bonds is 2. The number of nitrogens with one attached hydrogen (secondary N) is 1. The number of imidazole rings is 1. The summed E-state index contributed by atoms with van der Waals surface area (Å²) < 4.78 is 0. The van der Waals surface area contributed by atoms with Crippen LogP contribution in [0.3, 0.4) is 0 Å². The first-order valence-corrected chi connectivity index (χ1v) is 6.68. The summed E-state index contributed by atoms with van der Waals surface area (Å²) in [7, 11) is 0. The van der Waals surface area contributed by atoms with E-state index in [1.165, 1.54) is 17.5 Å². The Balaban J connectivity index is 2.01. The first-order valence-electron chi connectivity index (χ1n) is 6.68. The lowest BCUT2D eigenvalue weighted by molar-refractivity contribution is 0.436. The maximum absolute atomic E-state index is 4.43. The van der Waals surface area contributed by atoms with Crippen LogP contribution in [-0.4, -0.2) is 9.97 Å². The Bertz CT molecular complexity index is 540. The number of benzene rings is 1. The van der Waals surface area contributed by atoms with Gasteiger partial charge >= 0.3 is 0 Å². The second kappa shape index (κ2) is 3.98. The number of hydrogen-bond acceptors (Lipinski definition) is 1. The van der Waals surface area contributed by atoms with Gasteiger partial charge in [-0.1, -0.05) is 45.0 Å². The summed E-state index contributed by atoms with van der Waals surface area (Å²) in [5.41, 5.74) is 3.29. The van der Waals surface area contributed by atoms with E-state index in [1.807, 2.05) is 12.4 Å². The molecule has 3 rings (SSSR count). The molecule has 2 heteroatoms. The standard InChI is InChI=1S/C16H20N2/c1-11(15-17-8-9-18-15)13-10-16(2,3)14-7-5-4-6-12(13)14/h4-9,11,13H,10H2,1-3H3,(H,17,18). The van der Waals surface area contributed by atoms with Crippen molar-refractivity contribution >= 4 is 0 Å². The van der Waals surface area contributed by atoms with Crippen LogP contribution >= 0.6 is 0 Å². The quantitative estimate of drug-likeness (QED) is 0.845. The van der Waals surface area contributed by atoms with Crippen molar-refractivity contribution in [1.82, 2.24) is 9.97 Å². The van der Waals surface area contributed by atoms with Gasteiger partial charge in [0.25, 0.3) is 0 Å². The Morgan fingerprint density at radius 3 is 2.83 bits per heavy atom. The molecule has 0 radical (unpaired) electrons. The molecule has 18 heavy (non-hydrogen) atoms. The molecule has 1 aromatic heterocycles. The van der Waals surface area contributed by atoms with E-state index in [0.29, 0.717) is 11.8 Å². The van der Waals surface area contributed by atoms with Crippen LogP contribution < -0.4 is 0 Å². The second-order valence-corrected chi connectivity index (χ2v) is 6.04. The maximum atomic E-state index is 4.43. The van der Waals surface area contributed by atoms with Crippen molar-refractivity contribution in [3.63, 3.8) is 0 Å². The average molecular weight is 240 g/mol. The van der Waals surface area contributed by atoms with Crippen LogP contribution in [0.25, 0.3) is 0 Å². The van der Waals surface area contributed by atoms with Crippen LogP contribution in [0, 0.1) is 0 Å². The summed E-state index contributed by atoms with van der Waals surface area (Å²) in [4.78, 5) is 7.69. The monoisotopic (exact) mass is 240 g/mol. The van der Waals surface area contributed by atoms with Crippen molar-refractivity contribution < 1.29 is 0 Å². The zero-order valence-corrected chi connectivity index (χ0v) is 11.3. The zero-order valence-electron chi connectivity index (χ0n) is 11.3. The molecule has 0 fully saturated rings. The van der Waals surface area contributed by atoms with E-state index in [-0.39, 0.29) is 5.41 Å². The van der Waals surface area contributed by atoms with Gasteiger partial charge in [0.15, 0.2) is 0 Å². The Morgan fingerprint density at radius 2 is 2.11 bits per heavy atom. The predicted molar refractivity (Wildman–Crippen MR) is 73.8 cm³/mol. The van der Waals surface area contributed by atoms with Crippen molar-refractivity contribution in [3.8, 4) is 0 Å². The smallest absolute Gasteiger partial charge is 0.109 e. The lowest BCUT2D eigenvalue weighted by Crippen LogP contribution is -2.14. The van der Waals surface area contributed by atoms with Crippen molar-refractivity contribution in [2.45, 2.75) is 44.4 Å². The summed E-state index contributed by atoms with van der Waals surface area (Å²) in [6.45, 7) is 6.98. The van der Waals surface area contributed by atoms with E-state index >= 15 is 0 Å². The molecule has 2 unspecified atom stereocenters. The minimum absolute atomic E-state index is 0.280. The van der Waals surface area contributed by atoms with Crippen LogP contribution in [0.4, 0.5) is 0 Å². The molecule has 94 valence electrons. The summed E-state index contributed by atoms with van der Waals surface area (Å²) in [5, 5.41) is 0. The molecule has 0 aliphatic heterocycles. The Hall–Kier alpha value is -1.57. The van der Waals surface area contributed by atoms with Gasteiger partial charge in [0.1, 0.15) is 5.82 Å². The van der Waals surface area contributed by atoms with E-state index < -0.39 is 0 Å². The molecule has 0 amide bonds. The van der Waals surface area contributed by atoms with E-state index in [4.69, 9.17) is 0 Å². The third-order valence-corrected chi connectivity index (χ3v) is 4.37. The minimum Gasteiger partial charge on any atom is -0.348 e. The van der Waals surface area contributed by atoms with Crippen LogP contribution in [0.2, 0.25) is 0 Å². The van der Waals surface area contributed by atoms with E-state index in [9.17, 15) is 0 Å². The summed E-state index contributed by atoms with van der Waals surface area (Å²) in [6, 6.07) is 8.88. The molecule has 1 aromatic carbocycles. The highest BCUT2D eigenvalue weighted by Crippen LogP contribution is 2.50. The number of hydrogen-bond donors (Lipinski definition) is 1. The predicted octanol–water partition coefficient (Wildman–Crippen LogP) is 3.98. The number of H-pyrrole nitrogens is 1. The third kappa shape index (κ3) is 1.67. The molecule has 1 aliphatic carbocycles. The maximum Gasteiger partial charge on any atom is 0.109 e. The fourth-order valence-corrected chi connectivity index (χ4v) is 3.37. The summed E-state index contributed by atoms with van der Waals surface area (Å²) >= 11 is 0. The molecule has 0 saturated heterocycles. The number of aromatic nitrogens is 2. The van der Waals surface area contributed by atoms with Crippen LogP contribution in [0.5, 0.6) is 0 Å². The van der Waals surface area contributed by atoms with Crippen LogP contribution in [0.1, 0.15) is 56.0 Å². The first kappa shape index (κ1) is 11.5. The van der Waals surface area contributed by atoms with E-state index in [2.05, 4.69) is 55.0 Å². The fourth-order valence-electron chi connectivity index (χ4n) is 3.37. The molecule has 2 nitrogen and oxygen atoms in total. The van der Waals surface area contributed by atoms with Gasteiger partial charge in [-0.15, -0.1) is 0 Å². The molecule has 0 bridgehead atoms. The minimum atomic E-state index is 0.280. The summed E-state index contributed by atoms with van der Waals surface area (Å²) in [6.07, 6.45) is 4.96. The number of nitrogens with zero attached hydrogens (tertiary/aromatic N) is 1. The van der Waals surface area contributed by atoms with Gasteiger partial charge in [-0.2, -0.15) is 0 Å². The molecule has 1 N–H and O–H groups in total. The van der Waals surface area contributed by atoms with Crippen molar-refractivity contribution in [2.75, 3.05) is 0 Å². The normalized spacial score (nSPS) is 22.7. The molecule has 0 spiro atoms. The van der Waals surface area contributed by atoms with Crippen molar-refractivity contribution in [1.29, 1.82) is 0 Å². The number of aromatic amines is 1. The van der Waals surface area contributed by atoms with E-state index in [0.717, 1.165) is 5.82 Å². The molecular formula is C16H20N2. The Morgan fingerprint density at radius 1 is 1.33 bits per heavy atom. The van der Waals surface area contributed by atoms with Gasteiger partial charge in [-0.3, -0.25) is 0 Å². The highest BCUT2D eigenvalue weighted by molar-refractivity contribution is 5.42. The fraction of sp³-hybridized carbons (Fsp3) is 0.438. The number of fused-ring (bicyclic) bond motifs is 1. The Kier molecular flexibility index (Phi) is 2.54. The Labute approximate surface area is 108 Å². The molecule has 1 aliphatic rings. The van der Waals surface area contributed by atoms with Gasteiger partial charge in [-0.25, -0.2) is 4.98 Å². The molecule has 0 saturated carbocycles. The largest absolute Gasteiger partial charge is 0.348 e. The molecule has 2 aromatic rings. The highest BCUT2D eigenvalue weighted by Gasteiger charge is 2.39. The third-order valence-electron chi connectivity index (χ3n) is 4.37. The van der Waals surface area contributed by atoms with Crippen molar-refractivity contribution in [2.24, 2.45) is 0 Å². The van der Waals surface area contributed by atoms with Crippen molar-refractivity contribution in [3.05, 3.63) is 53.6 Å². The van der Waals surface area contributed by atoms with E-state index in [1.54, 1.807) is 0 Å².